The predicted octanol–water partition coefficient (Wildman–Crippen LogP) is 5.83. The molecule has 184 valence electrons. The van der Waals surface area contributed by atoms with Crippen LogP contribution in [0.15, 0.2) is 18.2 Å². The Morgan fingerprint density at radius 2 is 1.88 bits per heavy atom. The predicted molar refractivity (Wildman–Crippen MR) is 139 cm³/mol. The molecule has 1 unspecified atom stereocenters. The van der Waals surface area contributed by atoms with Gasteiger partial charge < -0.3 is 15.8 Å². The van der Waals surface area contributed by atoms with Gasteiger partial charge in [-0.15, -0.1) is 24.8 Å². The molecule has 32 heavy (non-hydrogen) atoms. The van der Waals surface area contributed by atoms with Crippen molar-refractivity contribution in [2.24, 2.45) is 34.3 Å². The molecule has 3 N–H and O–H groups in total. The van der Waals surface area contributed by atoms with E-state index in [1.165, 1.54) is 12.8 Å². The molecule has 0 heterocycles. The summed E-state index contributed by atoms with van der Waals surface area (Å²) < 4.78 is 5.48. The van der Waals surface area contributed by atoms with Crippen LogP contribution in [0.4, 0.5) is 0 Å². The zero-order chi connectivity index (χ0) is 22.1. The summed E-state index contributed by atoms with van der Waals surface area (Å²) in [6.07, 6.45) is 5.72. The summed E-state index contributed by atoms with van der Waals surface area (Å²) in [6.45, 7) is 13.2. The first-order chi connectivity index (χ1) is 14.1. The molecule has 1 aromatic carbocycles. The third-order valence-corrected chi connectivity index (χ3v) is 8.28. The van der Waals surface area contributed by atoms with Gasteiger partial charge in [0.15, 0.2) is 5.78 Å². The molecule has 6 heteroatoms. The summed E-state index contributed by atoms with van der Waals surface area (Å²) in [6, 6.07) is 6.31. The largest absolute Gasteiger partial charge is 0.497 e. The number of nitrogens with two attached hydrogens (primary N) is 1. The summed E-state index contributed by atoms with van der Waals surface area (Å²) >= 11 is 0. The van der Waals surface area contributed by atoms with Gasteiger partial charge in [-0.3, -0.25) is 4.79 Å². The highest BCUT2D eigenvalue weighted by Gasteiger charge is 2.58. The number of Topliss-reactive ketones (excluding diaryl/α,β-unsaturated/α-hetero) is 1. The summed E-state index contributed by atoms with van der Waals surface area (Å²) in [7, 11) is 1.67. The van der Waals surface area contributed by atoms with Gasteiger partial charge in [-0.1, -0.05) is 34.1 Å². The van der Waals surface area contributed by atoms with Crippen LogP contribution in [-0.2, 0) is 0 Å². The van der Waals surface area contributed by atoms with Gasteiger partial charge >= 0.3 is 0 Å². The lowest BCUT2D eigenvalue weighted by molar-refractivity contribution is -0.0914. The van der Waals surface area contributed by atoms with E-state index in [-0.39, 0.29) is 47.5 Å². The standard InChI is InChI=1S/C26H42N2O2.2ClH/c1-17-13-19(15-20(14-17)30-6)24(29)23-18(2)21(28-12-8-11-27)16-22-25(3,4)9-7-10-26(22,23)5;;/h13-15,18,21-23,28H,7-12,16,27H2,1-6H3;2*1H/t18-,21?,22+,23-,26+;;/m1../s1. The summed E-state index contributed by atoms with van der Waals surface area (Å²) in [5.74, 6) is 1.89. The Labute approximate surface area is 207 Å². The van der Waals surface area contributed by atoms with E-state index in [2.05, 4.69) is 33.0 Å². The molecule has 0 spiro atoms. The summed E-state index contributed by atoms with van der Waals surface area (Å²) in [4.78, 5) is 14.1. The molecule has 1 aromatic rings. The molecule has 2 fully saturated rings. The van der Waals surface area contributed by atoms with Crippen molar-refractivity contribution in [3.8, 4) is 5.75 Å². The topological polar surface area (TPSA) is 64.3 Å². The molecule has 2 saturated carbocycles. The minimum absolute atomic E-state index is 0. The third-order valence-electron chi connectivity index (χ3n) is 8.28. The minimum atomic E-state index is 0. The number of nitrogens with one attached hydrogen (secondary N) is 1. The van der Waals surface area contributed by atoms with Crippen LogP contribution in [0.25, 0.3) is 0 Å². The maximum absolute atomic E-state index is 14.1. The average molecular weight is 488 g/mol. The Kier molecular flexibility index (Phi) is 10.5. The lowest BCUT2D eigenvalue weighted by Gasteiger charge is -2.60. The van der Waals surface area contributed by atoms with Gasteiger partial charge in [-0.25, -0.2) is 0 Å². The van der Waals surface area contributed by atoms with Gasteiger partial charge in [0.05, 0.1) is 7.11 Å². The van der Waals surface area contributed by atoms with Crippen LogP contribution in [0.3, 0.4) is 0 Å². The second kappa shape index (κ2) is 11.6. The molecule has 0 bridgehead atoms. The van der Waals surface area contributed by atoms with E-state index >= 15 is 0 Å². The molecule has 5 atom stereocenters. The molecular formula is C26H44Cl2N2O2. The van der Waals surface area contributed by atoms with E-state index < -0.39 is 0 Å². The smallest absolute Gasteiger partial charge is 0.166 e. The van der Waals surface area contributed by atoms with Crippen LogP contribution in [-0.4, -0.2) is 32.0 Å². The van der Waals surface area contributed by atoms with Gasteiger partial charge in [0, 0.05) is 17.5 Å². The first-order valence-corrected chi connectivity index (χ1v) is 11.8. The number of rotatable bonds is 7. The van der Waals surface area contributed by atoms with Gasteiger partial charge in [-0.2, -0.15) is 0 Å². The molecule has 4 nitrogen and oxygen atoms in total. The van der Waals surface area contributed by atoms with Crippen LogP contribution in [0.1, 0.15) is 75.7 Å². The Balaban J connectivity index is 0.00000256. The quantitative estimate of drug-likeness (QED) is 0.376. The number of hydrogen-bond acceptors (Lipinski definition) is 4. The van der Waals surface area contributed by atoms with E-state index in [1.807, 2.05) is 25.1 Å². The molecule has 0 saturated heterocycles. The van der Waals surface area contributed by atoms with Crippen molar-refractivity contribution in [2.45, 2.75) is 72.8 Å². The number of fused-ring (bicyclic) bond motifs is 1. The molecule has 2 aliphatic carbocycles. The average Bonchev–Trinajstić information content (AvgIpc) is 2.68. The molecule has 3 rings (SSSR count). The number of hydrogen-bond donors (Lipinski definition) is 2. The van der Waals surface area contributed by atoms with Crippen molar-refractivity contribution >= 4 is 30.6 Å². The normalized spacial score (nSPS) is 31.0. The van der Waals surface area contributed by atoms with Gasteiger partial charge in [0.1, 0.15) is 5.75 Å². The number of methoxy groups -OCH3 is 1. The van der Waals surface area contributed by atoms with Gasteiger partial charge in [0.25, 0.3) is 0 Å². The second-order valence-corrected chi connectivity index (χ2v) is 10.8. The SMILES string of the molecule is COc1cc(C)cc(C(=O)[C@H]2[C@H](C)C(NCCCN)C[C@H]3C(C)(C)CCC[C@]23C)c1.Cl.Cl. The zero-order valence-corrected chi connectivity index (χ0v) is 22.3. The molecule has 0 radical (unpaired) electrons. The Morgan fingerprint density at radius 3 is 2.50 bits per heavy atom. The third kappa shape index (κ3) is 5.63. The lowest BCUT2D eigenvalue weighted by Crippen LogP contribution is -2.60. The van der Waals surface area contributed by atoms with Crippen molar-refractivity contribution in [1.82, 2.24) is 5.32 Å². The highest BCUT2D eigenvalue weighted by molar-refractivity contribution is 5.99. The minimum Gasteiger partial charge on any atom is -0.497 e. The number of ketones is 1. The van der Waals surface area contributed by atoms with E-state index in [0.29, 0.717) is 24.3 Å². The van der Waals surface area contributed by atoms with E-state index in [4.69, 9.17) is 10.5 Å². The number of aryl methyl sites for hydroxylation is 1. The molecule has 0 aliphatic heterocycles. The number of halogens is 2. The monoisotopic (exact) mass is 486 g/mol. The molecule has 2 aliphatic rings. The summed E-state index contributed by atoms with van der Waals surface area (Å²) in [5, 5.41) is 3.77. The highest BCUT2D eigenvalue weighted by atomic mass is 35.5. The van der Waals surface area contributed by atoms with Crippen molar-refractivity contribution in [3.05, 3.63) is 29.3 Å². The lowest BCUT2D eigenvalue weighted by atomic mass is 9.45. The van der Waals surface area contributed by atoms with E-state index in [1.54, 1.807) is 7.11 Å². The Hall–Kier alpha value is -0.810. The second-order valence-electron chi connectivity index (χ2n) is 10.8. The van der Waals surface area contributed by atoms with E-state index in [0.717, 1.165) is 42.7 Å². The summed E-state index contributed by atoms with van der Waals surface area (Å²) in [5.41, 5.74) is 7.89. The fourth-order valence-electron chi connectivity index (χ4n) is 6.81. The van der Waals surface area contributed by atoms with Crippen LogP contribution in [0.2, 0.25) is 0 Å². The molecular weight excluding hydrogens is 443 g/mol. The van der Waals surface area contributed by atoms with E-state index in [9.17, 15) is 4.79 Å². The van der Waals surface area contributed by atoms with Crippen molar-refractivity contribution in [1.29, 1.82) is 0 Å². The Bertz CT molecular complexity index is 770. The number of ether oxygens (including phenoxy) is 1. The number of carbonyl (C=O) groups is 1. The Morgan fingerprint density at radius 1 is 1.19 bits per heavy atom. The maximum atomic E-state index is 14.1. The first kappa shape index (κ1) is 29.2. The number of benzene rings is 1. The zero-order valence-electron chi connectivity index (χ0n) is 20.7. The van der Waals surface area contributed by atoms with Crippen molar-refractivity contribution in [2.75, 3.05) is 20.2 Å². The first-order valence-electron chi connectivity index (χ1n) is 11.8. The molecule has 0 amide bonds. The maximum Gasteiger partial charge on any atom is 0.166 e. The van der Waals surface area contributed by atoms with Gasteiger partial charge in [-0.05, 0) is 92.1 Å². The molecule has 0 aromatic heterocycles. The van der Waals surface area contributed by atoms with Crippen LogP contribution >= 0.6 is 24.8 Å². The van der Waals surface area contributed by atoms with Crippen molar-refractivity contribution in [3.63, 3.8) is 0 Å². The van der Waals surface area contributed by atoms with Crippen LogP contribution in [0, 0.1) is 35.5 Å². The van der Waals surface area contributed by atoms with Crippen LogP contribution in [0.5, 0.6) is 5.75 Å². The highest BCUT2D eigenvalue weighted by Crippen LogP contribution is 2.61. The fourth-order valence-corrected chi connectivity index (χ4v) is 6.81. The number of carbonyl (C=O) groups excluding carboxylic acids is 1. The van der Waals surface area contributed by atoms with Crippen LogP contribution < -0.4 is 15.8 Å². The van der Waals surface area contributed by atoms with Crippen molar-refractivity contribution < 1.29 is 9.53 Å². The fraction of sp³-hybridized carbons (Fsp3) is 0.731. The van der Waals surface area contributed by atoms with Gasteiger partial charge in [0.2, 0.25) is 0 Å².